The van der Waals surface area contributed by atoms with Crippen LogP contribution in [-0.2, 0) is 4.79 Å². The minimum absolute atomic E-state index is 0.0938. The van der Waals surface area contributed by atoms with Gasteiger partial charge in [-0.2, -0.15) is 0 Å². The molecule has 0 aromatic heterocycles. The standard InChI is InChI=1S/C13H19N3O3/c1-10-3-2-4-11(9-10)19-8-6-13(17)15-7-5-12(14)16-18/h2-4,9,18H,5-8H2,1H3,(H2,14,16)(H,15,17). The smallest absolute Gasteiger partial charge is 0.223 e. The topological polar surface area (TPSA) is 96.9 Å². The summed E-state index contributed by atoms with van der Waals surface area (Å²) in [6.07, 6.45) is 0.588. The average molecular weight is 265 g/mol. The zero-order valence-corrected chi connectivity index (χ0v) is 10.9. The van der Waals surface area contributed by atoms with Gasteiger partial charge >= 0.3 is 0 Å². The van der Waals surface area contributed by atoms with Crippen molar-refractivity contribution < 1.29 is 14.7 Å². The van der Waals surface area contributed by atoms with Crippen molar-refractivity contribution in [3.05, 3.63) is 29.8 Å². The monoisotopic (exact) mass is 265 g/mol. The first kappa shape index (κ1) is 14.8. The Hall–Kier alpha value is -2.24. The van der Waals surface area contributed by atoms with Crippen LogP contribution in [0.25, 0.3) is 0 Å². The zero-order chi connectivity index (χ0) is 14.1. The van der Waals surface area contributed by atoms with Crippen molar-refractivity contribution in [3.8, 4) is 5.75 Å². The first-order valence-electron chi connectivity index (χ1n) is 6.04. The van der Waals surface area contributed by atoms with Crippen LogP contribution in [0.2, 0.25) is 0 Å². The van der Waals surface area contributed by atoms with Gasteiger partial charge in [-0.1, -0.05) is 17.3 Å². The number of rotatable bonds is 7. The van der Waals surface area contributed by atoms with Crippen LogP contribution in [-0.4, -0.2) is 30.1 Å². The van der Waals surface area contributed by atoms with Crippen molar-refractivity contribution in [1.82, 2.24) is 5.32 Å². The molecule has 0 saturated heterocycles. The molecule has 0 bridgehead atoms. The van der Waals surface area contributed by atoms with Crippen molar-refractivity contribution >= 4 is 11.7 Å². The molecule has 0 aliphatic heterocycles. The van der Waals surface area contributed by atoms with Gasteiger partial charge in [0.2, 0.25) is 5.91 Å². The molecule has 1 aromatic carbocycles. The maximum Gasteiger partial charge on any atom is 0.223 e. The highest BCUT2D eigenvalue weighted by Crippen LogP contribution is 2.12. The predicted molar refractivity (Wildman–Crippen MR) is 72.3 cm³/mol. The van der Waals surface area contributed by atoms with E-state index in [1.165, 1.54) is 0 Å². The van der Waals surface area contributed by atoms with Crippen LogP contribution < -0.4 is 15.8 Å². The summed E-state index contributed by atoms with van der Waals surface area (Å²) in [5.74, 6) is 0.721. The fraction of sp³-hybridized carbons (Fsp3) is 0.385. The van der Waals surface area contributed by atoms with Gasteiger partial charge in [0.1, 0.15) is 11.6 Å². The maximum atomic E-state index is 11.4. The van der Waals surface area contributed by atoms with Crippen LogP contribution in [0.3, 0.4) is 0 Å². The molecular weight excluding hydrogens is 246 g/mol. The van der Waals surface area contributed by atoms with E-state index in [-0.39, 0.29) is 18.2 Å². The molecule has 0 saturated carbocycles. The van der Waals surface area contributed by atoms with Gasteiger partial charge in [0, 0.05) is 13.0 Å². The molecule has 0 aliphatic carbocycles. The number of amidine groups is 1. The fourth-order valence-corrected chi connectivity index (χ4v) is 1.44. The quantitative estimate of drug-likeness (QED) is 0.297. The number of benzene rings is 1. The molecule has 6 heteroatoms. The van der Waals surface area contributed by atoms with Gasteiger partial charge in [0.15, 0.2) is 0 Å². The minimum Gasteiger partial charge on any atom is -0.493 e. The lowest BCUT2D eigenvalue weighted by atomic mass is 10.2. The Morgan fingerprint density at radius 1 is 1.47 bits per heavy atom. The van der Waals surface area contributed by atoms with Crippen molar-refractivity contribution in [1.29, 1.82) is 0 Å². The number of hydrogen-bond donors (Lipinski definition) is 3. The molecule has 0 spiro atoms. The molecule has 0 atom stereocenters. The summed E-state index contributed by atoms with van der Waals surface area (Å²) < 4.78 is 5.46. The summed E-state index contributed by atoms with van der Waals surface area (Å²) in [6, 6.07) is 7.65. The van der Waals surface area contributed by atoms with Gasteiger partial charge < -0.3 is 21.0 Å². The summed E-state index contributed by atoms with van der Waals surface area (Å²) in [6.45, 7) is 2.64. The fourth-order valence-electron chi connectivity index (χ4n) is 1.44. The van der Waals surface area contributed by atoms with Crippen LogP contribution in [0.15, 0.2) is 29.4 Å². The summed E-state index contributed by atoms with van der Waals surface area (Å²) in [5, 5.41) is 13.8. The van der Waals surface area contributed by atoms with E-state index < -0.39 is 0 Å². The Bertz CT molecular complexity index is 447. The SMILES string of the molecule is Cc1cccc(OCCC(=O)NCCC(N)=NO)c1. The van der Waals surface area contributed by atoms with E-state index in [2.05, 4.69) is 10.5 Å². The van der Waals surface area contributed by atoms with Gasteiger partial charge in [-0.25, -0.2) is 0 Å². The van der Waals surface area contributed by atoms with Gasteiger partial charge in [0.05, 0.1) is 13.0 Å². The van der Waals surface area contributed by atoms with Crippen LogP contribution in [0.4, 0.5) is 0 Å². The predicted octanol–water partition coefficient (Wildman–Crippen LogP) is 1.02. The van der Waals surface area contributed by atoms with Gasteiger partial charge in [0.25, 0.3) is 0 Å². The number of aryl methyl sites for hydroxylation is 1. The number of nitrogens with two attached hydrogens (primary N) is 1. The molecule has 104 valence electrons. The summed E-state index contributed by atoms with van der Waals surface area (Å²) >= 11 is 0. The second-order valence-corrected chi connectivity index (χ2v) is 4.11. The molecule has 4 N–H and O–H groups in total. The minimum atomic E-state index is -0.126. The average Bonchev–Trinajstić information content (AvgIpc) is 2.38. The number of amides is 1. The Kier molecular flexibility index (Phi) is 6.21. The van der Waals surface area contributed by atoms with Crippen molar-refractivity contribution in [2.45, 2.75) is 19.8 Å². The van der Waals surface area contributed by atoms with Crippen LogP contribution in [0.1, 0.15) is 18.4 Å². The van der Waals surface area contributed by atoms with Crippen molar-refractivity contribution in [2.75, 3.05) is 13.2 Å². The first-order valence-corrected chi connectivity index (χ1v) is 6.04. The largest absolute Gasteiger partial charge is 0.493 e. The molecule has 0 radical (unpaired) electrons. The first-order chi connectivity index (χ1) is 9.11. The number of carbonyl (C=O) groups excluding carboxylic acids is 1. The maximum absolute atomic E-state index is 11.4. The summed E-state index contributed by atoms with van der Waals surface area (Å²) in [4.78, 5) is 11.4. The third-order valence-corrected chi connectivity index (χ3v) is 2.42. The summed E-state index contributed by atoms with van der Waals surface area (Å²) in [7, 11) is 0. The van der Waals surface area contributed by atoms with Crippen molar-refractivity contribution in [3.63, 3.8) is 0 Å². The van der Waals surface area contributed by atoms with E-state index in [4.69, 9.17) is 15.7 Å². The molecule has 0 unspecified atom stereocenters. The molecule has 0 fully saturated rings. The third-order valence-electron chi connectivity index (χ3n) is 2.42. The van der Waals surface area contributed by atoms with E-state index in [1.54, 1.807) is 0 Å². The summed E-state index contributed by atoms with van der Waals surface area (Å²) in [5.41, 5.74) is 6.39. The number of oxime groups is 1. The second kappa shape index (κ2) is 7.97. The van der Waals surface area contributed by atoms with Crippen LogP contribution in [0.5, 0.6) is 5.75 Å². The lowest BCUT2D eigenvalue weighted by Crippen LogP contribution is -2.28. The normalized spacial score (nSPS) is 11.1. The molecule has 1 aromatic rings. The molecule has 1 amide bonds. The Balaban J connectivity index is 2.17. The number of nitrogens with one attached hydrogen (secondary N) is 1. The highest BCUT2D eigenvalue weighted by atomic mass is 16.5. The molecule has 19 heavy (non-hydrogen) atoms. The highest BCUT2D eigenvalue weighted by Gasteiger charge is 2.02. The van der Waals surface area contributed by atoms with Gasteiger partial charge in [-0.05, 0) is 24.6 Å². The molecule has 6 nitrogen and oxygen atoms in total. The molecule has 0 aliphatic rings. The Morgan fingerprint density at radius 3 is 2.95 bits per heavy atom. The zero-order valence-electron chi connectivity index (χ0n) is 10.9. The van der Waals surface area contributed by atoms with E-state index in [0.29, 0.717) is 19.6 Å². The number of ether oxygens (including phenoxy) is 1. The van der Waals surface area contributed by atoms with Crippen LogP contribution >= 0.6 is 0 Å². The van der Waals surface area contributed by atoms with Crippen molar-refractivity contribution in [2.24, 2.45) is 10.9 Å². The van der Waals surface area contributed by atoms with E-state index in [1.807, 2.05) is 31.2 Å². The lowest BCUT2D eigenvalue weighted by molar-refractivity contribution is -0.121. The lowest BCUT2D eigenvalue weighted by Gasteiger charge is -2.07. The van der Waals surface area contributed by atoms with Gasteiger partial charge in [-0.15, -0.1) is 0 Å². The third kappa shape index (κ3) is 6.30. The second-order valence-electron chi connectivity index (χ2n) is 4.11. The number of nitrogens with zero attached hydrogens (tertiary/aromatic N) is 1. The van der Waals surface area contributed by atoms with E-state index in [0.717, 1.165) is 11.3 Å². The number of hydrogen-bond acceptors (Lipinski definition) is 4. The molecule has 1 rings (SSSR count). The van der Waals surface area contributed by atoms with Gasteiger partial charge in [-0.3, -0.25) is 4.79 Å². The van der Waals surface area contributed by atoms with E-state index >= 15 is 0 Å². The molecule has 0 heterocycles. The van der Waals surface area contributed by atoms with Crippen LogP contribution in [0, 0.1) is 6.92 Å². The highest BCUT2D eigenvalue weighted by molar-refractivity contribution is 5.81. The van der Waals surface area contributed by atoms with E-state index in [9.17, 15) is 4.79 Å². The Labute approximate surface area is 112 Å². The number of carbonyl (C=O) groups is 1. The Morgan fingerprint density at radius 2 is 2.26 bits per heavy atom. The molecular formula is C13H19N3O3.